The van der Waals surface area contributed by atoms with Gasteiger partial charge in [0.2, 0.25) is 0 Å². The fourth-order valence-electron chi connectivity index (χ4n) is 5.51. The van der Waals surface area contributed by atoms with Gasteiger partial charge in [0.1, 0.15) is 6.61 Å². The number of amides is 1. The summed E-state index contributed by atoms with van der Waals surface area (Å²) in [6.07, 6.45) is 5.29. The van der Waals surface area contributed by atoms with Crippen molar-refractivity contribution in [3.05, 3.63) is 89.7 Å². The van der Waals surface area contributed by atoms with Crippen LogP contribution in [0.2, 0.25) is 0 Å². The Morgan fingerprint density at radius 2 is 1.85 bits per heavy atom. The molecule has 3 atom stereocenters. The van der Waals surface area contributed by atoms with Gasteiger partial charge in [-0.3, -0.25) is 9.78 Å². The van der Waals surface area contributed by atoms with Gasteiger partial charge >= 0.3 is 0 Å². The van der Waals surface area contributed by atoms with E-state index in [0.717, 1.165) is 25.2 Å². The van der Waals surface area contributed by atoms with Crippen molar-refractivity contribution in [1.82, 2.24) is 9.88 Å². The lowest BCUT2D eigenvalue weighted by molar-refractivity contribution is 0.0770. The van der Waals surface area contributed by atoms with E-state index in [2.05, 4.69) is 35.3 Å². The molecule has 0 radical (unpaired) electrons. The van der Waals surface area contributed by atoms with Crippen LogP contribution in [-0.4, -0.2) is 36.0 Å². The Hall–Kier alpha value is -3.34. The summed E-state index contributed by atoms with van der Waals surface area (Å²) in [6, 6.07) is 22.0. The van der Waals surface area contributed by atoms with Crippen LogP contribution in [0.4, 0.5) is 0 Å². The highest BCUT2D eigenvalue weighted by Gasteiger charge is 2.44. The normalized spacial score (nSPS) is 21.6. The van der Waals surface area contributed by atoms with Crippen molar-refractivity contribution in [3.63, 3.8) is 0 Å². The Balaban J connectivity index is 1.31. The first-order chi connectivity index (χ1) is 16.2. The largest absolute Gasteiger partial charge is 0.493 e. The van der Waals surface area contributed by atoms with Gasteiger partial charge in [0, 0.05) is 19.3 Å². The average Bonchev–Trinajstić information content (AvgIpc) is 3.45. The van der Waals surface area contributed by atoms with E-state index in [0.29, 0.717) is 34.8 Å². The zero-order valence-corrected chi connectivity index (χ0v) is 19.0. The van der Waals surface area contributed by atoms with Gasteiger partial charge in [-0.05, 0) is 66.8 Å². The summed E-state index contributed by atoms with van der Waals surface area (Å²) in [4.78, 5) is 20.0. The summed E-state index contributed by atoms with van der Waals surface area (Å²) in [7, 11) is 1.60. The van der Waals surface area contributed by atoms with E-state index in [-0.39, 0.29) is 12.5 Å². The van der Waals surface area contributed by atoms with Crippen LogP contribution in [0.3, 0.4) is 0 Å². The van der Waals surface area contributed by atoms with Crippen LogP contribution in [0.15, 0.2) is 72.9 Å². The molecule has 1 saturated carbocycles. The van der Waals surface area contributed by atoms with Crippen LogP contribution in [-0.2, 0) is 13.0 Å². The first kappa shape index (κ1) is 21.5. The van der Waals surface area contributed by atoms with Gasteiger partial charge in [-0.1, -0.05) is 42.5 Å². The lowest BCUT2D eigenvalue weighted by Crippen LogP contribution is -2.31. The number of pyridine rings is 1. The van der Waals surface area contributed by atoms with Crippen LogP contribution >= 0.6 is 0 Å². The molecule has 1 saturated heterocycles. The number of ether oxygens (including phenoxy) is 2. The minimum absolute atomic E-state index is 0.0257. The Kier molecular flexibility index (Phi) is 6.29. The average molecular weight is 443 g/mol. The summed E-state index contributed by atoms with van der Waals surface area (Å²) in [6.45, 7) is 1.93. The van der Waals surface area contributed by atoms with Gasteiger partial charge in [0.05, 0.1) is 18.4 Å². The quantitative estimate of drug-likeness (QED) is 0.516. The van der Waals surface area contributed by atoms with Gasteiger partial charge in [-0.25, -0.2) is 0 Å². The summed E-state index contributed by atoms with van der Waals surface area (Å²) in [5.74, 6) is 2.88. The zero-order chi connectivity index (χ0) is 22.6. The molecule has 5 nitrogen and oxygen atoms in total. The molecule has 5 heteroatoms. The number of hydrogen-bond donors (Lipinski definition) is 0. The van der Waals surface area contributed by atoms with Crippen molar-refractivity contribution in [2.45, 2.75) is 25.9 Å². The topological polar surface area (TPSA) is 51.7 Å². The summed E-state index contributed by atoms with van der Waals surface area (Å²) < 4.78 is 11.6. The van der Waals surface area contributed by atoms with E-state index in [1.807, 2.05) is 41.3 Å². The molecular weight excluding hydrogens is 412 g/mol. The number of fused-ring (bicyclic) bond motifs is 1. The molecule has 0 spiro atoms. The zero-order valence-electron chi connectivity index (χ0n) is 19.0. The summed E-state index contributed by atoms with van der Waals surface area (Å²) >= 11 is 0. The second kappa shape index (κ2) is 9.65. The molecule has 33 heavy (non-hydrogen) atoms. The molecule has 1 aliphatic carbocycles. The number of aromatic nitrogens is 1. The standard InChI is InChI=1S/C28H30N2O3/c1-32-26-12-7-11-24(27(26)33-19-23-10-5-6-15-29-23)28(31)30-17-22-14-13-21(25(22)18-30)16-20-8-3-2-4-9-20/h2-12,15,21-22,25H,13-14,16-19H2,1H3/t21-,22-,25-/m1/s1. The second-order valence-corrected chi connectivity index (χ2v) is 9.11. The van der Waals surface area contributed by atoms with E-state index < -0.39 is 0 Å². The first-order valence-electron chi connectivity index (χ1n) is 11.8. The number of benzene rings is 2. The van der Waals surface area contributed by atoms with E-state index >= 15 is 0 Å². The maximum Gasteiger partial charge on any atom is 0.257 e. The summed E-state index contributed by atoms with van der Waals surface area (Å²) in [5, 5.41) is 0. The molecule has 2 aromatic carbocycles. The number of rotatable bonds is 7. The van der Waals surface area contributed by atoms with Crippen molar-refractivity contribution < 1.29 is 14.3 Å². The number of carbonyl (C=O) groups excluding carboxylic acids is 1. The molecule has 5 rings (SSSR count). The minimum atomic E-state index is 0.0257. The molecule has 0 N–H and O–H groups in total. The maximum atomic E-state index is 13.6. The smallest absolute Gasteiger partial charge is 0.257 e. The van der Waals surface area contributed by atoms with E-state index in [4.69, 9.17) is 9.47 Å². The fourth-order valence-corrected chi connectivity index (χ4v) is 5.51. The SMILES string of the molecule is COc1cccc(C(=O)N2C[C@H]3CC[C@H](Cc4ccccc4)[C@H]3C2)c1OCc1ccccn1. The second-order valence-electron chi connectivity index (χ2n) is 9.11. The van der Waals surface area contributed by atoms with Gasteiger partial charge in [0.15, 0.2) is 11.5 Å². The third-order valence-corrected chi connectivity index (χ3v) is 7.15. The van der Waals surface area contributed by atoms with Crippen LogP contribution in [0.25, 0.3) is 0 Å². The van der Waals surface area contributed by atoms with Crippen molar-refractivity contribution in [2.75, 3.05) is 20.2 Å². The fraction of sp³-hybridized carbons (Fsp3) is 0.357. The molecule has 2 aliphatic rings. The molecule has 1 aliphatic heterocycles. The highest BCUT2D eigenvalue weighted by atomic mass is 16.5. The minimum Gasteiger partial charge on any atom is -0.493 e. The Morgan fingerprint density at radius 1 is 1.00 bits per heavy atom. The van der Waals surface area contributed by atoms with Gasteiger partial charge in [-0.2, -0.15) is 0 Å². The predicted octanol–water partition coefficient (Wildman–Crippen LogP) is 5.01. The van der Waals surface area contributed by atoms with Crippen molar-refractivity contribution in [3.8, 4) is 11.5 Å². The Labute approximate surface area is 195 Å². The molecule has 1 aromatic heterocycles. The van der Waals surface area contributed by atoms with Gasteiger partial charge in [-0.15, -0.1) is 0 Å². The van der Waals surface area contributed by atoms with Crippen LogP contribution in [0.1, 0.15) is 34.5 Å². The Morgan fingerprint density at radius 3 is 2.64 bits per heavy atom. The molecule has 3 aromatic rings. The highest BCUT2D eigenvalue weighted by molar-refractivity contribution is 5.98. The van der Waals surface area contributed by atoms with Crippen LogP contribution < -0.4 is 9.47 Å². The van der Waals surface area contributed by atoms with E-state index in [1.165, 1.54) is 18.4 Å². The number of carbonyl (C=O) groups is 1. The van der Waals surface area contributed by atoms with Crippen LogP contribution in [0, 0.1) is 17.8 Å². The molecule has 170 valence electrons. The molecule has 1 amide bonds. The maximum absolute atomic E-state index is 13.6. The molecule has 2 fully saturated rings. The highest BCUT2D eigenvalue weighted by Crippen LogP contribution is 2.44. The number of nitrogens with zero attached hydrogens (tertiary/aromatic N) is 2. The molecule has 2 heterocycles. The third kappa shape index (κ3) is 4.58. The molecule has 0 bridgehead atoms. The van der Waals surface area contributed by atoms with Crippen molar-refractivity contribution in [1.29, 1.82) is 0 Å². The van der Waals surface area contributed by atoms with Crippen LogP contribution in [0.5, 0.6) is 11.5 Å². The lowest BCUT2D eigenvalue weighted by Gasteiger charge is -2.22. The van der Waals surface area contributed by atoms with Crippen molar-refractivity contribution in [2.24, 2.45) is 17.8 Å². The summed E-state index contributed by atoms with van der Waals surface area (Å²) in [5.41, 5.74) is 2.76. The predicted molar refractivity (Wildman–Crippen MR) is 127 cm³/mol. The van der Waals surface area contributed by atoms with E-state index in [1.54, 1.807) is 13.3 Å². The van der Waals surface area contributed by atoms with Gasteiger partial charge < -0.3 is 14.4 Å². The monoisotopic (exact) mass is 442 g/mol. The number of hydrogen-bond acceptors (Lipinski definition) is 4. The molecular formula is C28H30N2O3. The van der Waals surface area contributed by atoms with Gasteiger partial charge in [0.25, 0.3) is 5.91 Å². The number of para-hydroxylation sites is 1. The number of likely N-dealkylation sites (tertiary alicyclic amines) is 1. The van der Waals surface area contributed by atoms with E-state index in [9.17, 15) is 4.79 Å². The molecule has 0 unspecified atom stereocenters. The third-order valence-electron chi connectivity index (χ3n) is 7.15. The Bertz CT molecular complexity index is 1090. The lowest BCUT2D eigenvalue weighted by atomic mass is 9.87. The first-order valence-corrected chi connectivity index (χ1v) is 11.8. The number of methoxy groups -OCH3 is 1. The van der Waals surface area contributed by atoms with Crippen molar-refractivity contribution >= 4 is 5.91 Å².